The van der Waals surface area contributed by atoms with Crippen molar-refractivity contribution in [3.8, 4) is 6.07 Å². The number of halogens is 1. The zero-order valence-electron chi connectivity index (χ0n) is 12.4. The lowest BCUT2D eigenvalue weighted by atomic mass is 10.1. The van der Waals surface area contributed by atoms with Crippen LogP contribution in [0.25, 0.3) is 0 Å². The van der Waals surface area contributed by atoms with Gasteiger partial charge in [0.05, 0.1) is 5.69 Å². The number of benzene rings is 2. The average Bonchev–Trinajstić information content (AvgIpc) is 2.47. The van der Waals surface area contributed by atoms with E-state index < -0.39 is 5.82 Å². The molecular weight excluding hydrogens is 265 g/mol. The summed E-state index contributed by atoms with van der Waals surface area (Å²) in [5.41, 5.74) is 2.76. The maximum absolute atomic E-state index is 13.6. The van der Waals surface area contributed by atoms with Crippen molar-refractivity contribution in [1.29, 1.82) is 5.26 Å². The maximum atomic E-state index is 13.6. The van der Waals surface area contributed by atoms with E-state index in [1.165, 1.54) is 6.07 Å². The van der Waals surface area contributed by atoms with Gasteiger partial charge in [-0.25, -0.2) is 4.39 Å². The Kier molecular flexibility index (Phi) is 4.44. The van der Waals surface area contributed by atoms with E-state index in [9.17, 15) is 4.39 Å². The third-order valence-electron chi connectivity index (χ3n) is 3.41. The molecule has 0 saturated carbocycles. The highest BCUT2D eigenvalue weighted by atomic mass is 19.1. The lowest BCUT2D eigenvalue weighted by Gasteiger charge is -2.18. The SMILES string of the molecule is CC(Nc1cccc(F)c1C#N)c1ccc(N(C)C)cc1. The average molecular weight is 283 g/mol. The topological polar surface area (TPSA) is 39.1 Å². The monoisotopic (exact) mass is 283 g/mol. The Morgan fingerprint density at radius 3 is 2.38 bits per heavy atom. The highest BCUT2D eigenvalue weighted by Gasteiger charge is 2.11. The van der Waals surface area contributed by atoms with Crippen molar-refractivity contribution in [3.05, 3.63) is 59.4 Å². The molecule has 0 radical (unpaired) electrons. The lowest BCUT2D eigenvalue weighted by Crippen LogP contribution is -2.10. The van der Waals surface area contributed by atoms with Gasteiger partial charge in [0.1, 0.15) is 17.4 Å². The van der Waals surface area contributed by atoms with Gasteiger partial charge in [0, 0.05) is 25.8 Å². The molecule has 0 saturated heterocycles. The number of hydrogen-bond acceptors (Lipinski definition) is 3. The van der Waals surface area contributed by atoms with E-state index in [0.29, 0.717) is 5.69 Å². The fraction of sp³-hybridized carbons (Fsp3) is 0.235. The van der Waals surface area contributed by atoms with Crippen LogP contribution < -0.4 is 10.2 Å². The lowest BCUT2D eigenvalue weighted by molar-refractivity contribution is 0.624. The van der Waals surface area contributed by atoms with Crippen LogP contribution in [0.5, 0.6) is 0 Å². The van der Waals surface area contributed by atoms with Crippen LogP contribution in [0, 0.1) is 17.1 Å². The van der Waals surface area contributed by atoms with Crippen LogP contribution in [0.4, 0.5) is 15.8 Å². The molecule has 0 aliphatic heterocycles. The van der Waals surface area contributed by atoms with Gasteiger partial charge in [-0.3, -0.25) is 0 Å². The highest BCUT2D eigenvalue weighted by Crippen LogP contribution is 2.25. The van der Waals surface area contributed by atoms with E-state index in [2.05, 4.69) is 5.32 Å². The summed E-state index contributed by atoms with van der Waals surface area (Å²) in [6.45, 7) is 1.98. The Bertz CT molecular complexity index is 657. The maximum Gasteiger partial charge on any atom is 0.143 e. The summed E-state index contributed by atoms with van der Waals surface area (Å²) < 4.78 is 13.6. The number of hydrogen-bond donors (Lipinski definition) is 1. The second kappa shape index (κ2) is 6.27. The molecule has 0 bridgehead atoms. The molecule has 108 valence electrons. The molecule has 0 aliphatic carbocycles. The summed E-state index contributed by atoms with van der Waals surface area (Å²) >= 11 is 0. The predicted molar refractivity (Wildman–Crippen MR) is 83.9 cm³/mol. The smallest absolute Gasteiger partial charge is 0.143 e. The highest BCUT2D eigenvalue weighted by molar-refractivity contribution is 5.59. The Labute approximate surface area is 124 Å². The van der Waals surface area contributed by atoms with Gasteiger partial charge in [0.25, 0.3) is 0 Å². The predicted octanol–water partition coefficient (Wildman–Crippen LogP) is 3.94. The summed E-state index contributed by atoms with van der Waals surface area (Å²) in [5.74, 6) is -0.502. The molecule has 0 aliphatic rings. The third-order valence-corrected chi connectivity index (χ3v) is 3.41. The molecule has 2 aromatic carbocycles. The first-order valence-electron chi connectivity index (χ1n) is 6.75. The van der Waals surface area contributed by atoms with Crippen LogP contribution in [0.3, 0.4) is 0 Å². The minimum absolute atomic E-state index is 0.0184. The summed E-state index contributed by atoms with van der Waals surface area (Å²) in [7, 11) is 3.98. The standard InChI is InChI=1S/C17H18FN3/c1-12(13-7-9-14(10-8-13)21(2)3)20-17-6-4-5-16(18)15(17)11-19/h4-10,12,20H,1-3H3. The van der Waals surface area contributed by atoms with E-state index in [-0.39, 0.29) is 11.6 Å². The van der Waals surface area contributed by atoms with Crippen LogP contribution in [0.2, 0.25) is 0 Å². The largest absolute Gasteiger partial charge is 0.378 e. The van der Waals surface area contributed by atoms with Gasteiger partial charge in [-0.15, -0.1) is 0 Å². The summed E-state index contributed by atoms with van der Waals surface area (Å²) in [6.07, 6.45) is 0. The Morgan fingerprint density at radius 2 is 1.81 bits per heavy atom. The van der Waals surface area contributed by atoms with Crippen molar-refractivity contribution < 1.29 is 4.39 Å². The normalized spacial score (nSPS) is 11.6. The molecule has 0 heterocycles. The van der Waals surface area contributed by atoms with Crippen molar-refractivity contribution in [3.63, 3.8) is 0 Å². The molecule has 0 fully saturated rings. The van der Waals surface area contributed by atoms with Crippen LogP contribution in [-0.2, 0) is 0 Å². The van der Waals surface area contributed by atoms with Crippen molar-refractivity contribution in [1.82, 2.24) is 0 Å². The molecule has 2 aromatic rings. The van der Waals surface area contributed by atoms with Gasteiger partial charge in [0.2, 0.25) is 0 Å². The number of anilines is 2. The first-order chi connectivity index (χ1) is 10.0. The molecule has 0 amide bonds. The van der Waals surface area contributed by atoms with Gasteiger partial charge in [0.15, 0.2) is 0 Å². The van der Waals surface area contributed by atoms with E-state index in [0.717, 1.165) is 11.3 Å². The van der Waals surface area contributed by atoms with Gasteiger partial charge in [-0.2, -0.15) is 5.26 Å². The number of nitriles is 1. The van der Waals surface area contributed by atoms with Crippen LogP contribution in [-0.4, -0.2) is 14.1 Å². The molecule has 0 spiro atoms. The second-order valence-electron chi connectivity index (χ2n) is 5.13. The number of rotatable bonds is 4. The van der Waals surface area contributed by atoms with Crippen LogP contribution in [0.15, 0.2) is 42.5 Å². The van der Waals surface area contributed by atoms with Gasteiger partial charge in [-0.05, 0) is 36.8 Å². The van der Waals surface area contributed by atoms with Crippen molar-refractivity contribution in [2.45, 2.75) is 13.0 Å². The molecular formula is C17H18FN3. The molecule has 21 heavy (non-hydrogen) atoms. The number of nitrogens with one attached hydrogen (secondary N) is 1. The number of nitrogens with zero attached hydrogens (tertiary/aromatic N) is 2. The van der Waals surface area contributed by atoms with E-state index >= 15 is 0 Å². The summed E-state index contributed by atoms with van der Waals surface area (Å²) in [5, 5.41) is 12.2. The molecule has 1 N–H and O–H groups in total. The zero-order valence-corrected chi connectivity index (χ0v) is 12.4. The Hall–Kier alpha value is -2.54. The second-order valence-corrected chi connectivity index (χ2v) is 5.13. The third kappa shape index (κ3) is 3.32. The van der Waals surface area contributed by atoms with Crippen molar-refractivity contribution in [2.75, 3.05) is 24.3 Å². The molecule has 1 atom stereocenters. The molecule has 4 heteroatoms. The first kappa shape index (κ1) is 14.9. The van der Waals surface area contributed by atoms with Crippen LogP contribution in [0.1, 0.15) is 24.1 Å². The quantitative estimate of drug-likeness (QED) is 0.923. The minimum Gasteiger partial charge on any atom is -0.378 e. The fourth-order valence-corrected chi connectivity index (χ4v) is 2.14. The Morgan fingerprint density at radius 1 is 1.14 bits per heavy atom. The van der Waals surface area contributed by atoms with Crippen molar-refractivity contribution >= 4 is 11.4 Å². The van der Waals surface area contributed by atoms with E-state index in [1.54, 1.807) is 12.1 Å². The summed E-state index contributed by atoms with van der Waals surface area (Å²) in [4.78, 5) is 2.03. The molecule has 0 aromatic heterocycles. The molecule has 1 unspecified atom stereocenters. The van der Waals surface area contributed by atoms with E-state index in [4.69, 9.17) is 5.26 Å². The molecule has 3 nitrogen and oxygen atoms in total. The van der Waals surface area contributed by atoms with Gasteiger partial charge < -0.3 is 10.2 Å². The fourth-order valence-electron chi connectivity index (χ4n) is 2.14. The summed E-state index contributed by atoms with van der Waals surface area (Å²) in [6, 6.07) is 14.6. The first-order valence-corrected chi connectivity index (χ1v) is 6.75. The zero-order chi connectivity index (χ0) is 15.4. The molecule has 2 rings (SSSR count). The Balaban J connectivity index is 2.20. The van der Waals surface area contributed by atoms with Crippen LogP contribution >= 0.6 is 0 Å². The van der Waals surface area contributed by atoms with Gasteiger partial charge >= 0.3 is 0 Å². The minimum atomic E-state index is -0.502. The van der Waals surface area contributed by atoms with Gasteiger partial charge in [-0.1, -0.05) is 18.2 Å². The van der Waals surface area contributed by atoms with E-state index in [1.807, 2.05) is 56.3 Å². The van der Waals surface area contributed by atoms with Crippen molar-refractivity contribution in [2.24, 2.45) is 0 Å².